The molecular weight excluding hydrogens is 198 g/mol. The fraction of sp³-hybridized carbons (Fsp3) is 0.571. The Hall–Kier alpha value is -1.02. The van der Waals surface area contributed by atoms with Gasteiger partial charge in [-0.1, -0.05) is 32.9 Å². The van der Waals surface area contributed by atoms with Gasteiger partial charge in [0.25, 0.3) is 0 Å². The van der Waals surface area contributed by atoms with Gasteiger partial charge in [-0.05, 0) is 43.0 Å². The van der Waals surface area contributed by atoms with Gasteiger partial charge in [-0.25, -0.2) is 0 Å². The Morgan fingerprint density at radius 3 is 2.50 bits per heavy atom. The van der Waals surface area contributed by atoms with Crippen molar-refractivity contribution < 1.29 is 5.11 Å². The van der Waals surface area contributed by atoms with Gasteiger partial charge < -0.3 is 10.4 Å². The average molecular weight is 221 g/mol. The molecule has 0 spiro atoms. The molecule has 2 nitrogen and oxygen atoms in total. The number of likely N-dealkylation sites (N-methyl/N-ethyl adjacent to an activating group) is 1. The Balaban J connectivity index is 2.63. The smallest absolute Gasteiger partial charge is 0.115 e. The fourth-order valence-corrected chi connectivity index (χ4v) is 1.98. The van der Waals surface area contributed by atoms with Crippen LogP contribution in [0.15, 0.2) is 24.3 Å². The third kappa shape index (κ3) is 4.67. The van der Waals surface area contributed by atoms with Gasteiger partial charge in [-0.2, -0.15) is 0 Å². The summed E-state index contributed by atoms with van der Waals surface area (Å²) in [5.74, 6) is 0.350. The van der Waals surface area contributed by atoms with Crippen LogP contribution in [0.4, 0.5) is 0 Å². The van der Waals surface area contributed by atoms with Gasteiger partial charge in [0.1, 0.15) is 5.75 Å². The van der Waals surface area contributed by atoms with E-state index in [2.05, 4.69) is 32.2 Å². The molecule has 0 amide bonds. The zero-order valence-electron chi connectivity index (χ0n) is 10.7. The first-order chi connectivity index (χ1) is 7.40. The number of benzene rings is 1. The molecule has 0 heterocycles. The summed E-state index contributed by atoms with van der Waals surface area (Å²) in [7, 11) is 2.00. The Kier molecular flexibility index (Phi) is 4.36. The first-order valence-corrected chi connectivity index (χ1v) is 5.86. The molecule has 1 aromatic rings. The van der Waals surface area contributed by atoms with Gasteiger partial charge >= 0.3 is 0 Å². The normalized spacial score (nSPS) is 13.8. The minimum Gasteiger partial charge on any atom is -0.508 e. The van der Waals surface area contributed by atoms with Crippen molar-refractivity contribution in [2.75, 3.05) is 7.05 Å². The van der Waals surface area contributed by atoms with Crippen LogP contribution in [-0.4, -0.2) is 18.2 Å². The SMILES string of the molecule is CNC(Cc1cccc(O)c1)CC(C)(C)C. The van der Waals surface area contributed by atoms with E-state index in [1.807, 2.05) is 19.2 Å². The number of nitrogens with one attached hydrogen (secondary N) is 1. The maximum atomic E-state index is 9.41. The Labute approximate surface area is 98.7 Å². The van der Waals surface area contributed by atoms with Crippen LogP contribution in [0.25, 0.3) is 0 Å². The van der Waals surface area contributed by atoms with Gasteiger partial charge in [0.05, 0.1) is 0 Å². The van der Waals surface area contributed by atoms with E-state index in [0.29, 0.717) is 17.2 Å². The second-order valence-electron chi connectivity index (χ2n) is 5.62. The minimum atomic E-state index is 0.324. The zero-order valence-corrected chi connectivity index (χ0v) is 10.7. The maximum Gasteiger partial charge on any atom is 0.115 e. The van der Waals surface area contributed by atoms with Crippen molar-refractivity contribution in [3.63, 3.8) is 0 Å². The first-order valence-electron chi connectivity index (χ1n) is 5.86. The monoisotopic (exact) mass is 221 g/mol. The molecule has 0 fully saturated rings. The predicted molar refractivity (Wildman–Crippen MR) is 68.7 cm³/mol. The van der Waals surface area contributed by atoms with E-state index in [0.717, 1.165) is 12.8 Å². The summed E-state index contributed by atoms with van der Waals surface area (Å²) in [6.45, 7) is 6.75. The van der Waals surface area contributed by atoms with Crippen LogP contribution in [0.3, 0.4) is 0 Å². The highest BCUT2D eigenvalue weighted by atomic mass is 16.3. The van der Waals surface area contributed by atoms with Gasteiger partial charge in [0, 0.05) is 6.04 Å². The summed E-state index contributed by atoms with van der Waals surface area (Å²) in [5, 5.41) is 12.8. The molecule has 0 aliphatic heterocycles. The summed E-state index contributed by atoms with van der Waals surface area (Å²) in [4.78, 5) is 0. The quantitative estimate of drug-likeness (QED) is 0.819. The summed E-state index contributed by atoms with van der Waals surface area (Å²) in [6.07, 6.45) is 2.08. The highest BCUT2D eigenvalue weighted by molar-refractivity contribution is 5.27. The molecule has 1 unspecified atom stereocenters. The van der Waals surface area contributed by atoms with Crippen LogP contribution in [0, 0.1) is 5.41 Å². The van der Waals surface area contributed by atoms with Crippen molar-refractivity contribution in [1.82, 2.24) is 5.32 Å². The summed E-state index contributed by atoms with van der Waals surface area (Å²) >= 11 is 0. The number of phenols is 1. The van der Waals surface area contributed by atoms with Crippen LogP contribution in [-0.2, 0) is 6.42 Å². The van der Waals surface area contributed by atoms with E-state index in [4.69, 9.17) is 0 Å². The first kappa shape index (κ1) is 13.0. The molecule has 1 atom stereocenters. The van der Waals surface area contributed by atoms with Gasteiger partial charge in [-0.3, -0.25) is 0 Å². The van der Waals surface area contributed by atoms with Gasteiger partial charge in [0.15, 0.2) is 0 Å². The van der Waals surface area contributed by atoms with Crippen molar-refractivity contribution in [2.45, 2.75) is 39.7 Å². The molecule has 0 radical (unpaired) electrons. The van der Waals surface area contributed by atoms with E-state index in [9.17, 15) is 5.11 Å². The second-order valence-corrected chi connectivity index (χ2v) is 5.62. The van der Waals surface area contributed by atoms with Gasteiger partial charge in [-0.15, -0.1) is 0 Å². The van der Waals surface area contributed by atoms with Crippen LogP contribution in [0.2, 0.25) is 0 Å². The molecule has 90 valence electrons. The molecule has 0 aliphatic rings. The van der Waals surface area contributed by atoms with E-state index in [1.165, 1.54) is 5.56 Å². The lowest BCUT2D eigenvalue weighted by atomic mass is 9.86. The lowest BCUT2D eigenvalue weighted by molar-refractivity contribution is 0.316. The van der Waals surface area contributed by atoms with Crippen molar-refractivity contribution in [1.29, 1.82) is 0 Å². The largest absolute Gasteiger partial charge is 0.508 e. The average Bonchev–Trinajstić information content (AvgIpc) is 2.14. The highest BCUT2D eigenvalue weighted by Gasteiger charge is 2.17. The number of aromatic hydroxyl groups is 1. The summed E-state index contributed by atoms with van der Waals surface area (Å²) in [6, 6.07) is 7.97. The van der Waals surface area contributed by atoms with Gasteiger partial charge in [0.2, 0.25) is 0 Å². The maximum absolute atomic E-state index is 9.41. The van der Waals surface area contributed by atoms with Crippen LogP contribution < -0.4 is 5.32 Å². The van der Waals surface area contributed by atoms with Crippen molar-refractivity contribution in [3.8, 4) is 5.75 Å². The van der Waals surface area contributed by atoms with Crippen LogP contribution >= 0.6 is 0 Å². The highest BCUT2D eigenvalue weighted by Crippen LogP contribution is 2.23. The lowest BCUT2D eigenvalue weighted by Gasteiger charge is -2.25. The molecule has 0 aromatic heterocycles. The molecule has 2 N–H and O–H groups in total. The van der Waals surface area contributed by atoms with Crippen molar-refractivity contribution in [2.24, 2.45) is 5.41 Å². The third-order valence-corrected chi connectivity index (χ3v) is 2.66. The molecule has 1 aromatic carbocycles. The standard InChI is InChI=1S/C14H23NO/c1-14(2,3)10-12(15-4)8-11-6-5-7-13(16)9-11/h5-7,9,12,15-16H,8,10H2,1-4H3. The Morgan fingerprint density at radius 2 is 2.00 bits per heavy atom. The minimum absolute atomic E-state index is 0.324. The number of hydrogen-bond donors (Lipinski definition) is 2. The van der Waals surface area contributed by atoms with E-state index >= 15 is 0 Å². The molecule has 0 bridgehead atoms. The molecule has 0 aliphatic carbocycles. The summed E-state index contributed by atoms with van der Waals surface area (Å²) < 4.78 is 0. The molecule has 0 saturated carbocycles. The number of rotatable bonds is 4. The molecule has 1 rings (SSSR count). The fourth-order valence-electron chi connectivity index (χ4n) is 1.98. The Morgan fingerprint density at radius 1 is 1.31 bits per heavy atom. The molecule has 2 heteroatoms. The van der Waals surface area contributed by atoms with E-state index in [-0.39, 0.29) is 0 Å². The number of phenolic OH excluding ortho intramolecular Hbond substituents is 1. The van der Waals surface area contributed by atoms with Crippen molar-refractivity contribution in [3.05, 3.63) is 29.8 Å². The lowest BCUT2D eigenvalue weighted by Crippen LogP contribution is -2.31. The van der Waals surface area contributed by atoms with E-state index in [1.54, 1.807) is 6.07 Å². The third-order valence-electron chi connectivity index (χ3n) is 2.66. The molecule has 16 heavy (non-hydrogen) atoms. The Bertz CT molecular complexity index is 328. The second kappa shape index (κ2) is 5.35. The topological polar surface area (TPSA) is 32.3 Å². The van der Waals surface area contributed by atoms with Crippen LogP contribution in [0.1, 0.15) is 32.8 Å². The predicted octanol–water partition coefficient (Wildman–Crippen LogP) is 2.96. The zero-order chi connectivity index (χ0) is 12.2. The molecular formula is C14H23NO. The van der Waals surface area contributed by atoms with Crippen molar-refractivity contribution >= 4 is 0 Å². The van der Waals surface area contributed by atoms with E-state index < -0.39 is 0 Å². The number of hydrogen-bond acceptors (Lipinski definition) is 2. The van der Waals surface area contributed by atoms with Crippen LogP contribution in [0.5, 0.6) is 5.75 Å². The molecule has 0 saturated heterocycles. The summed E-state index contributed by atoms with van der Waals surface area (Å²) in [5.41, 5.74) is 1.51.